The van der Waals surface area contributed by atoms with Crippen LogP contribution in [0, 0.1) is 5.82 Å². The largest absolute Gasteiger partial charge is 0.434 e. The number of amides is 1. The molecule has 0 saturated carbocycles. The predicted octanol–water partition coefficient (Wildman–Crippen LogP) is 4.58. The molecule has 2 aromatic carbocycles. The number of hydrogen-bond donors (Lipinski definition) is 1. The van der Waals surface area contributed by atoms with Gasteiger partial charge in [0.1, 0.15) is 16.6 Å². The third-order valence-electron chi connectivity index (χ3n) is 3.55. The van der Waals surface area contributed by atoms with E-state index in [1.807, 2.05) is 0 Å². The smallest absolute Gasteiger partial charge is 0.387 e. The van der Waals surface area contributed by atoms with Gasteiger partial charge in [0.25, 0.3) is 5.91 Å². The van der Waals surface area contributed by atoms with E-state index >= 15 is 0 Å². The monoisotopic (exact) mass is 395 g/mol. The van der Waals surface area contributed by atoms with Crippen LogP contribution in [0.4, 0.5) is 19.0 Å². The van der Waals surface area contributed by atoms with E-state index in [0.29, 0.717) is 6.54 Å². The number of benzene rings is 2. The van der Waals surface area contributed by atoms with Crippen molar-refractivity contribution in [2.45, 2.75) is 13.2 Å². The quantitative estimate of drug-likeness (QED) is 0.664. The van der Waals surface area contributed by atoms with E-state index in [1.54, 1.807) is 12.1 Å². The highest BCUT2D eigenvalue weighted by atomic mass is 35.5. The minimum atomic E-state index is -3.06. The highest BCUT2D eigenvalue weighted by Crippen LogP contribution is 2.24. The average Bonchev–Trinajstić information content (AvgIpc) is 2.96. The third-order valence-corrected chi connectivity index (χ3v) is 3.83. The summed E-state index contributed by atoms with van der Waals surface area (Å²) in [4.78, 5) is 12.4. The summed E-state index contributed by atoms with van der Waals surface area (Å²) in [6.45, 7) is -2.75. The van der Waals surface area contributed by atoms with Crippen LogP contribution < -0.4 is 10.1 Å². The van der Waals surface area contributed by atoms with Crippen LogP contribution in [0.15, 0.2) is 54.7 Å². The maximum absolute atomic E-state index is 13.0. The van der Waals surface area contributed by atoms with Crippen LogP contribution in [-0.2, 0) is 6.54 Å². The first-order chi connectivity index (χ1) is 12.9. The fraction of sp³-hybridized carbons (Fsp3) is 0.111. The molecule has 0 aliphatic carbocycles. The number of ether oxygens (including phenoxy) is 1. The van der Waals surface area contributed by atoms with E-state index in [2.05, 4.69) is 15.2 Å². The fourth-order valence-corrected chi connectivity index (χ4v) is 2.57. The summed E-state index contributed by atoms with van der Waals surface area (Å²) in [6.07, 6.45) is 1.49. The van der Waals surface area contributed by atoms with Gasteiger partial charge >= 0.3 is 6.61 Å². The molecule has 1 heterocycles. The van der Waals surface area contributed by atoms with Crippen molar-refractivity contribution in [2.24, 2.45) is 0 Å². The molecule has 9 heteroatoms. The van der Waals surface area contributed by atoms with Crippen molar-refractivity contribution in [2.75, 3.05) is 5.32 Å². The number of para-hydroxylation sites is 1. The molecule has 1 aromatic heterocycles. The average molecular weight is 396 g/mol. The molecule has 0 aliphatic heterocycles. The Bertz CT molecular complexity index is 945. The van der Waals surface area contributed by atoms with Crippen molar-refractivity contribution < 1.29 is 22.7 Å². The van der Waals surface area contributed by atoms with Crippen LogP contribution in [0.2, 0.25) is 5.02 Å². The Morgan fingerprint density at radius 3 is 2.59 bits per heavy atom. The van der Waals surface area contributed by atoms with Gasteiger partial charge in [-0.15, -0.1) is 0 Å². The third kappa shape index (κ3) is 4.79. The summed E-state index contributed by atoms with van der Waals surface area (Å²) < 4.78 is 43.7. The standard InChI is InChI=1S/C18H13ClF3N3O2/c19-14-10-25(9-11-5-7-12(20)8-6-11)24-16(14)23-17(26)13-3-1-2-4-15(13)27-18(21)22/h1-8,10,18H,9H2,(H,23,24,26). The highest BCUT2D eigenvalue weighted by Gasteiger charge is 2.18. The van der Waals surface area contributed by atoms with Crippen molar-refractivity contribution in [1.82, 2.24) is 9.78 Å². The summed E-state index contributed by atoms with van der Waals surface area (Å²) >= 11 is 6.08. The van der Waals surface area contributed by atoms with Gasteiger partial charge in [-0.3, -0.25) is 9.48 Å². The second kappa shape index (κ2) is 8.13. The molecule has 1 N–H and O–H groups in total. The Morgan fingerprint density at radius 2 is 1.89 bits per heavy atom. The molecule has 0 bridgehead atoms. The molecule has 0 fully saturated rings. The summed E-state index contributed by atoms with van der Waals surface area (Å²) in [5.41, 5.74) is 0.700. The van der Waals surface area contributed by atoms with E-state index in [4.69, 9.17) is 11.6 Å². The molecule has 3 rings (SSSR count). The predicted molar refractivity (Wildman–Crippen MR) is 93.8 cm³/mol. The van der Waals surface area contributed by atoms with E-state index in [-0.39, 0.29) is 28.0 Å². The molecule has 3 aromatic rings. The van der Waals surface area contributed by atoms with Gasteiger partial charge in [0.2, 0.25) is 0 Å². The number of rotatable bonds is 6. The van der Waals surface area contributed by atoms with Gasteiger partial charge < -0.3 is 10.1 Å². The molecule has 27 heavy (non-hydrogen) atoms. The molecule has 0 atom stereocenters. The SMILES string of the molecule is O=C(Nc1nn(Cc2ccc(F)cc2)cc1Cl)c1ccccc1OC(F)F. The lowest BCUT2D eigenvalue weighted by Crippen LogP contribution is -2.15. The minimum Gasteiger partial charge on any atom is -0.434 e. The Morgan fingerprint density at radius 1 is 1.19 bits per heavy atom. The molecular weight excluding hydrogens is 383 g/mol. The minimum absolute atomic E-state index is 0.0654. The van der Waals surface area contributed by atoms with Crippen LogP contribution in [0.3, 0.4) is 0 Å². The number of hydrogen-bond acceptors (Lipinski definition) is 3. The molecule has 5 nitrogen and oxygen atoms in total. The van der Waals surface area contributed by atoms with Crippen LogP contribution in [0.25, 0.3) is 0 Å². The van der Waals surface area contributed by atoms with Gasteiger partial charge in [-0.1, -0.05) is 35.9 Å². The summed E-state index contributed by atoms with van der Waals surface area (Å²) in [7, 11) is 0. The Balaban J connectivity index is 1.75. The number of carbonyl (C=O) groups is 1. The van der Waals surface area contributed by atoms with Crippen LogP contribution >= 0.6 is 11.6 Å². The number of aromatic nitrogens is 2. The summed E-state index contributed by atoms with van der Waals surface area (Å²) in [6, 6.07) is 11.4. The molecule has 1 amide bonds. The van der Waals surface area contributed by atoms with Crippen molar-refractivity contribution in [3.63, 3.8) is 0 Å². The lowest BCUT2D eigenvalue weighted by molar-refractivity contribution is -0.0501. The molecule has 0 spiro atoms. The zero-order valence-corrected chi connectivity index (χ0v) is 14.5. The van der Waals surface area contributed by atoms with Crippen molar-refractivity contribution in [1.29, 1.82) is 0 Å². The molecule has 0 aliphatic rings. The van der Waals surface area contributed by atoms with Crippen LogP contribution in [0.5, 0.6) is 5.75 Å². The van der Waals surface area contributed by atoms with E-state index < -0.39 is 12.5 Å². The van der Waals surface area contributed by atoms with E-state index in [1.165, 1.54) is 47.3 Å². The zero-order valence-electron chi connectivity index (χ0n) is 13.7. The van der Waals surface area contributed by atoms with Gasteiger partial charge in [-0.05, 0) is 29.8 Å². The Kier molecular flexibility index (Phi) is 5.66. The van der Waals surface area contributed by atoms with Crippen molar-refractivity contribution >= 4 is 23.3 Å². The van der Waals surface area contributed by atoms with Gasteiger partial charge in [-0.2, -0.15) is 13.9 Å². The van der Waals surface area contributed by atoms with Gasteiger partial charge in [-0.25, -0.2) is 4.39 Å². The lowest BCUT2D eigenvalue weighted by Gasteiger charge is -2.10. The summed E-state index contributed by atoms with van der Waals surface area (Å²) in [5.74, 6) is -1.24. The van der Waals surface area contributed by atoms with Gasteiger partial charge in [0.05, 0.1) is 12.1 Å². The van der Waals surface area contributed by atoms with Gasteiger partial charge in [0, 0.05) is 6.20 Å². The summed E-state index contributed by atoms with van der Waals surface area (Å²) in [5, 5.41) is 6.79. The Labute approximate surface area is 157 Å². The first kappa shape index (κ1) is 18.8. The number of nitrogens with zero attached hydrogens (tertiary/aromatic N) is 2. The number of anilines is 1. The number of halogens is 4. The number of carbonyl (C=O) groups excluding carboxylic acids is 1. The Hall–Kier alpha value is -3.00. The second-order valence-electron chi connectivity index (χ2n) is 5.48. The first-order valence-electron chi connectivity index (χ1n) is 7.75. The lowest BCUT2D eigenvalue weighted by atomic mass is 10.2. The molecule has 0 radical (unpaired) electrons. The topological polar surface area (TPSA) is 56.2 Å². The van der Waals surface area contributed by atoms with Crippen LogP contribution in [0.1, 0.15) is 15.9 Å². The molecule has 140 valence electrons. The van der Waals surface area contributed by atoms with Crippen molar-refractivity contribution in [3.05, 3.63) is 76.7 Å². The maximum Gasteiger partial charge on any atom is 0.387 e. The zero-order chi connectivity index (χ0) is 19.4. The first-order valence-corrected chi connectivity index (χ1v) is 8.13. The number of alkyl halides is 2. The van der Waals surface area contributed by atoms with Gasteiger partial charge in [0.15, 0.2) is 5.82 Å². The molecular formula is C18H13ClF3N3O2. The molecule has 0 saturated heterocycles. The van der Waals surface area contributed by atoms with E-state index in [0.717, 1.165) is 5.56 Å². The fourth-order valence-electron chi connectivity index (χ4n) is 2.37. The maximum atomic E-state index is 13.0. The molecule has 0 unspecified atom stereocenters. The van der Waals surface area contributed by atoms with E-state index in [9.17, 15) is 18.0 Å². The van der Waals surface area contributed by atoms with Crippen LogP contribution in [-0.4, -0.2) is 22.3 Å². The second-order valence-corrected chi connectivity index (χ2v) is 5.89. The normalized spacial score (nSPS) is 10.9. The highest BCUT2D eigenvalue weighted by molar-refractivity contribution is 6.33. The van der Waals surface area contributed by atoms with Crippen molar-refractivity contribution in [3.8, 4) is 5.75 Å². The number of nitrogens with one attached hydrogen (secondary N) is 1.